The summed E-state index contributed by atoms with van der Waals surface area (Å²) in [5.74, 6) is 1.26. The number of rotatable bonds is 13. The van der Waals surface area contributed by atoms with E-state index in [4.69, 9.17) is 0 Å². The van der Waals surface area contributed by atoms with Crippen molar-refractivity contribution in [2.75, 3.05) is 18.9 Å². The van der Waals surface area contributed by atoms with Gasteiger partial charge >= 0.3 is 0 Å². The van der Waals surface area contributed by atoms with Crippen molar-refractivity contribution in [3.8, 4) is 0 Å². The largest absolute Gasteiger partial charge is 0.384 e. The summed E-state index contributed by atoms with van der Waals surface area (Å²) in [5.41, 5.74) is 7.08. The number of benzene rings is 1. The van der Waals surface area contributed by atoms with Crippen molar-refractivity contribution in [2.24, 2.45) is 16.1 Å². The zero-order valence-corrected chi connectivity index (χ0v) is 21.7. The number of azo groups is 1. The fourth-order valence-corrected chi connectivity index (χ4v) is 4.41. The van der Waals surface area contributed by atoms with Gasteiger partial charge in [-0.25, -0.2) is 4.98 Å². The van der Waals surface area contributed by atoms with Crippen LogP contribution in [0.2, 0.25) is 0 Å². The van der Waals surface area contributed by atoms with E-state index in [2.05, 4.69) is 89.3 Å². The highest BCUT2D eigenvalue weighted by Gasteiger charge is 2.11. The molecule has 0 amide bonds. The Balaban J connectivity index is 0.00000456. The summed E-state index contributed by atoms with van der Waals surface area (Å²) < 4.78 is 0. The molecule has 0 spiro atoms. The van der Waals surface area contributed by atoms with Crippen molar-refractivity contribution in [3.05, 3.63) is 83.7 Å². The number of allylic oxidation sites excluding steroid dienone is 3. The van der Waals surface area contributed by atoms with E-state index in [-0.39, 0.29) is 1.43 Å². The van der Waals surface area contributed by atoms with E-state index in [9.17, 15) is 0 Å². The monoisotopic (exact) mass is 471 g/mol. The molecular weight excluding hydrogens is 430 g/mol. The van der Waals surface area contributed by atoms with E-state index < -0.39 is 0 Å². The fourth-order valence-electron chi connectivity index (χ4n) is 4.41. The van der Waals surface area contributed by atoms with Gasteiger partial charge in [-0.1, -0.05) is 56.2 Å². The second-order valence-corrected chi connectivity index (χ2v) is 9.14. The topological polar surface area (TPSA) is 62.5 Å². The second kappa shape index (κ2) is 13.5. The summed E-state index contributed by atoms with van der Waals surface area (Å²) in [4.78, 5) is 9.01. The van der Waals surface area contributed by atoms with Crippen molar-refractivity contribution in [1.29, 1.82) is 0 Å². The fraction of sp³-hybridized carbons (Fsp3) is 0.400. The second-order valence-electron chi connectivity index (χ2n) is 9.14. The Labute approximate surface area is 212 Å². The number of aromatic nitrogens is 2. The Morgan fingerprint density at radius 3 is 2.77 bits per heavy atom. The minimum Gasteiger partial charge on any atom is -0.384 e. The third-order valence-electron chi connectivity index (χ3n) is 6.48. The molecular formula is C30H41N5. The molecule has 0 aliphatic heterocycles. The summed E-state index contributed by atoms with van der Waals surface area (Å²) in [7, 11) is 1.69. The van der Waals surface area contributed by atoms with Gasteiger partial charge in [0.2, 0.25) is 0 Å². The average molecular weight is 472 g/mol. The molecule has 5 nitrogen and oxygen atoms in total. The maximum absolute atomic E-state index is 4.59. The van der Waals surface area contributed by atoms with Crippen LogP contribution in [0.5, 0.6) is 0 Å². The number of fused-ring (bicyclic) bond motifs is 1. The van der Waals surface area contributed by atoms with Crippen molar-refractivity contribution in [2.45, 2.75) is 59.3 Å². The number of pyridine rings is 2. The van der Waals surface area contributed by atoms with Gasteiger partial charge in [-0.05, 0) is 74.8 Å². The summed E-state index contributed by atoms with van der Waals surface area (Å²) in [6.45, 7) is 11.7. The summed E-state index contributed by atoms with van der Waals surface area (Å²) in [5, 5.41) is 13.0. The van der Waals surface area contributed by atoms with Gasteiger partial charge in [0.1, 0.15) is 0 Å². The number of nitrogens with one attached hydrogen (secondary N) is 1. The predicted octanol–water partition coefficient (Wildman–Crippen LogP) is 8.51. The average Bonchev–Trinajstić information content (AvgIpc) is 2.87. The molecule has 0 bridgehead atoms. The van der Waals surface area contributed by atoms with Crippen LogP contribution in [0.25, 0.3) is 10.9 Å². The Hall–Kier alpha value is -3.34. The van der Waals surface area contributed by atoms with Crippen LogP contribution in [0.1, 0.15) is 59.0 Å². The van der Waals surface area contributed by atoms with Crippen LogP contribution < -0.4 is 5.32 Å². The first kappa shape index (κ1) is 26.3. The molecule has 3 rings (SSSR count). The smallest absolute Gasteiger partial charge is 0.177 e. The van der Waals surface area contributed by atoms with Gasteiger partial charge in [-0.15, -0.1) is 5.11 Å². The highest BCUT2D eigenvalue weighted by Crippen LogP contribution is 2.25. The number of hydrogen-bond acceptors (Lipinski definition) is 5. The van der Waals surface area contributed by atoms with Gasteiger partial charge in [-0.3, -0.25) is 4.98 Å². The van der Waals surface area contributed by atoms with Crippen LogP contribution in [0.4, 0.5) is 11.5 Å². The third-order valence-corrected chi connectivity index (χ3v) is 6.48. The highest BCUT2D eigenvalue weighted by molar-refractivity contribution is 5.78. The molecule has 0 aliphatic carbocycles. The number of aryl methyl sites for hydroxylation is 2. The molecule has 0 radical (unpaired) electrons. The lowest BCUT2D eigenvalue weighted by Crippen LogP contribution is -2.11. The summed E-state index contributed by atoms with van der Waals surface area (Å²) >= 11 is 0. The van der Waals surface area contributed by atoms with Gasteiger partial charge in [-0.2, -0.15) is 5.11 Å². The lowest BCUT2D eigenvalue weighted by atomic mass is 9.90. The zero-order valence-electron chi connectivity index (χ0n) is 21.7. The van der Waals surface area contributed by atoms with Crippen LogP contribution in [0, 0.1) is 5.92 Å². The van der Waals surface area contributed by atoms with Gasteiger partial charge < -0.3 is 5.32 Å². The van der Waals surface area contributed by atoms with E-state index in [1.165, 1.54) is 34.9 Å². The Morgan fingerprint density at radius 1 is 1.14 bits per heavy atom. The third kappa shape index (κ3) is 7.84. The maximum Gasteiger partial charge on any atom is 0.177 e. The molecule has 2 heterocycles. The summed E-state index contributed by atoms with van der Waals surface area (Å²) in [6, 6.07) is 12.7. The number of hydrogen-bond donors (Lipinski definition) is 1. The van der Waals surface area contributed by atoms with Crippen LogP contribution in [0.3, 0.4) is 0 Å². The minimum absolute atomic E-state index is 0. The molecule has 1 unspecified atom stereocenters. The van der Waals surface area contributed by atoms with Crippen molar-refractivity contribution in [3.63, 3.8) is 0 Å². The SMILES string of the molecule is C=C(/C=C(\C)C(CCC)CCNc1cnc(N=NC)c(CCc2ccc3ncccc3c2)c1)CC.[HH]. The van der Waals surface area contributed by atoms with Crippen LogP contribution >= 0.6 is 0 Å². The number of nitrogens with zero attached hydrogens (tertiary/aromatic N) is 4. The molecule has 1 aromatic carbocycles. The molecule has 0 fully saturated rings. The van der Waals surface area contributed by atoms with E-state index >= 15 is 0 Å². The van der Waals surface area contributed by atoms with Crippen molar-refractivity contribution in [1.82, 2.24) is 9.97 Å². The molecule has 3 aromatic rings. The molecule has 35 heavy (non-hydrogen) atoms. The molecule has 5 heteroatoms. The molecule has 1 N–H and O–H groups in total. The Morgan fingerprint density at radius 2 is 2.00 bits per heavy atom. The Kier molecular flexibility index (Phi) is 10.1. The lowest BCUT2D eigenvalue weighted by molar-refractivity contribution is 0.523. The van der Waals surface area contributed by atoms with E-state index in [0.29, 0.717) is 11.7 Å². The quantitative estimate of drug-likeness (QED) is 0.201. The van der Waals surface area contributed by atoms with E-state index in [1.54, 1.807) is 7.05 Å². The molecule has 1 atom stereocenters. The minimum atomic E-state index is 0. The molecule has 0 aliphatic rings. The van der Waals surface area contributed by atoms with E-state index in [1.807, 2.05) is 18.5 Å². The maximum atomic E-state index is 4.59. The first-order chi connectivity index (χ1) is 17.0. The van der Waals surface area contributed by atoms with Crippen LogP contribution in [-0.4, -0.2) is 23.6 Å². The molecule has 186 valence electrons. The van der Waals surface area contributed by atoms with Gasteiger partial charge in [0.15, 0.2) is 5.82 Å². The van der Waals surface area contributed by atoms with Crippen LogP contribution in [0.15, 0.2) is 82.8 Å². The van der Waals surface area contributed by atoms with Gasteiger partial charge in [0.05, 0.1) is 17.4 Å². The van der Waals surface area contributed by atoms with Gasteiger partial charge in [0.25, 0.3) is 0 Å². The standard InChI is InChI=1S/C30H39N5.H2/c1-6-9-25(23(4)18-22(3)7-2)15-17-32-28-20-27(30(34-21-28)35-31-5)13-11-24-12-14-29-26(19-24)10-8-16-33-29;/h8,10,12,14,16,18-21,25,32H,3,6-7,9,11,13,15,17H2,1-2,4-5H3;1H/b23-18+,35-31?;. The molecule has 2 aromatic heterocycles. The normalized spacial score (nSPS) is 12.9. The van der Waals surface area contributed by atoms with Crippen LogP contribution in [-0.2, 0) is 12.8 Å². The summed E-state index contributed by atoms with van der Waals surface area (Å²) in [6.07, 6.45) is 12.2. The predicted molar refractivity (Wildman–Crippen MR) is 151 cm³/mol. The zero-order chi connectivity index (χ0) is 25.0. The number of anilines is 1. The first-order valence-corrected chi connectivity index (χ1v) is 12.8. The highest BCUT2D eigenvalue weighted by atomic mass is 15.1. The van der Waals surface area contributed by atoms with Gasteiger partial charge in [0, 0.05) is 32.2 Å². The van der Waals surface area contributed by atoms with Crippen molar-refractivity contribution < 1.29 is 1.43 Å². The lowest BCUT2D eigenvalue weighted by Gasteiger charge is -2.18. The van der Waals surface area contributed by atoms with Crippen molar-refractivity contribution >= 4 is 22.4 Å². The first-order valence-electron chi connectivity index (χ1n) is 12.8. The van der Waals surface area contributed by atoms with E-state index in [0.717, 1.165) is 49.0 Å². The Bertz CT molecular complexity index is 1180. The molecule has 0 saturated carbocycles. The molecule has 0 saturated heterocycles.